The van der Waals surface area contributed by atoms with E-state index in [1.807, 2.05) is 12.1 Å². The maximum atomic E-state index is 13.3. The van der Waals surface area contributed by atoms with E-state index >= 15 is 0 Å². The Hall–Kier alpha value is -2.88. The van der Waals surface area contributed by atoms with Gasteiger partial charge in [0.1, 0.15) is 17.1 Å². The molecule has 0 atom stereocenters. The van der Waals surface area contributed by atoms with Crippen LogP contribution in [0.15, 0.2) is 36.5 Å². The van der Waals surface area contributed by atoms with Crippen molar-refractivity contribution in [3.63, 3.8) is 0 Å². The number of alkyl halides is 3. The van der Waals surface area contributed by atoms with E-state index in [1.165, 1.54) is 6.07 Å². The third-order valence-corrected chi connectivity index (χ3v) is 6.73. The molecule has 0 amide bonds. The lowest BCUT2D eigenvalue weighted by molar-refractivity contribution is -0.388. The predicted molar refractivity (Wildman–Crippen MR) is 122 cm³/mol. The van der Waals surface area contributed by atoms with Gasteiger partial charge in [-0.25, -0.2) is 4.98 Å². The highest BCUT2D eigenvalue weighted by atomic mass is 19.4. The number of nitro groups is 1. The van der Waals surface area contributed by atoms with Gasteiger partial charge in [0.25, 0.3) is 5.69 Å². The molecule has 0 N–H and O–H groups in total. The van der Waals surface area contributed by atoms with E-state index in [0.29, 0.717) is 12.0 Å². The number of aromatic nitrogens is 1. The van der Waals surface area contributed by atoms with Gasteiger partial charge in [0.2, 0.25) is 0 Å². The fraction of sp³-hybridized carbons (Fsp3) is 0.542. The summed E-state index contributed by atoms with van der Waals surface area (Å²) in [6.45, 7) is 3.85. The van der Waals surface area contributed by atoms with Crippen LogP contribution >= 0.6 is 0 Å². The first-order chi connectivity index (χ1) is 16.2. The number of pyridine rings is 1. The number of nitro benzene ring substituents is 1. The summed E-state index contributed by atoms with van der Waals surface area (Å²) in [5.41, 5.74) is -1.60. The Bertz CT molecular complexity index is 1000. The Kier molecular flexibility index (Phi) is 7.25. The molecule has 1 saturated carbocycles. The van der Waals surface area contributed by atoms with Crippen LogP contribution in [0.1, 0.15) is 36.8 Å². The van der Waals surface area contributed by atoms with Crippen molar-refractivity contribution in [2.24, 2.45) is 5.92 Å². The van der Waals surface area contributed by atoms with Gasteiger partial charge in [-0.3, -0.25) is 10.1 Å². The van der Waals surface area contributed by atoms with Crippen molar-refractivity contribution in [2.75, 3.05) is 38.1 Å². The molecule has 2 aromatic rings. The van der Waals surface area contributed by atoms with Gasteiger partial charge in [-0.05, 0) is 62.8 Å². The third kappa shape index (κ3) is 5.97. The minimum atomic E-state index is -4.75. The molecule has 0 spiro atoms. The molecule has 10 heteroatoms. The van der Waals surface area contributed by atoms with E-state index in [1.54, 1.807) is 6.20 Å². The van der Waals surface area contributed by atoms with E-state index in [2.05, 4.69) is 21.8 Å². The second kappa shape index (κ2) is 10.2. The Morgan fingerprint density at radius 3 is 2.44 bits per heavy atom. The molecule has 1 aliphatic heterocycles. The molecule has 1 saturated heterocycles. The van der Waals surface area contributed by atoms with Crippen LogP contribution in [-0.4, -0.2) is 54.1 Å². The van der Waals surface area contributed by atoms with Crippen molar-refractivity contribution >= 4 is 11.5 Å². The molecule has 0 unspecified atom stereocenters. The molecule has 2 fully saturated rings. The number of ether oxygens (including phenoxy) is 1. The van der Waals surface area contributed by atoms with Gasteiger partial charge < -0.3 is 14.5 Å². The van der Waals surface area contributed by atoms with Gasteiger partial charge in [-0.15, -0.1) is 0 Å². The first-order valence-corrected chi connectivity index (χ1v) is 11.6. The predicted octanol–water partition coefficient (Wildman–Crippen LogP) is 4.94. The molecule has 0 bridgehead atoms. The molecule has 2 heterocycles. The molecular formula is C24H29F3N4O3. The molecule has 2 aliphatic rings. The standard InChI is InChI=1S/C24H29F3N4O3/c1-29-10-12-30(13-11-29)23-16-20(8-9-28-23)34-19-5-2-17(3-6-19)14-18-4-7-22(31(32)33)21(15-18)24(25,26)27/h4,7-9,15-17,19H,2-3,5-6,10-14H2,1H3. The zero-order valence-corrected chi connectivity index (χ0v) is 19.1. The summed E-state index contributed by atoms with van der Waals surface area (Å²) < 4.78 is 46.0. The topological polar surface area (TPSA) is 71.7 Å². The lowest BCUT2D eigenvalue weighted by Gasteiger charge is -2.33. The summed E-state index contributed by atoms with van der Waals surface area (Å²) >= 11 is 0. The summed E-state index contributed by atoms with van der Waals surface area (Å²) in [6.07, 6.45) is 0.835. The van der Waals surface area contributed by atoms with E-state index < -0.39 is 22.4 Å². The van der Waals surface area contributed by atoms with Crippen LogP contribution in [0.5, 0.6) is 5.75 Å². The van der Waals surface area contributed by atoms with E-state index in [9.17, 15) is 23.3 Å². The van der Waals surface area contributed by atoms with Gasteiger partial charge in [0.05, 0.1) is 11.0 Å². The van der Waals surface area contributed by atoms with Crippen LogP contribution in [0.2, 0.25) is 0 Å². The Morgan fingerprint density at radius 2 is 1.79 bits per heavy atom. The molecule has 1 aliphatic carbocycles. The summed E-state index contributed by atoms with van der Waals surface area (Å²) in [4.78, 5) is 19.0. The van der Waals surface area contributed by atoms with Crippen molar-refractivity contribution < 1.29 is 22.8 Å². The quantitative estimate of drug-likeness (QED) is 0.433. The molecule has 0 radical (unpaired) electrons. The molecule has 4 rings (SSSR count). The number of hydrogen-bond donors (Lipinski definition) is 0. The smallest absolute Gasteiger partial charge is 0.423 e. The number of rotatable bonds is 6. The first-order valence-electron chi connectivity index (χ1n) is 11.6. The Balaban J connectivity index is 1.32. The van der Waals surface area contributed by atoms with Crippen molar-refractivity contribution in [1.29, 1.82) is 0 Å². The van der Waals surface area contributed by atoms with Crippen LogP contribution in [0.4, 0.5) is 24.7 Å². The van der Waals surface area contributed by atoms with Gasteiger partial charge in [0, 0.05) is 44.5 Å². The van der Waals surface area contributed by atoms with Crippen LogP contribution in [-0.2, 0) is 12.6 Å². The summed E-state index contributed by atoms with van der Waals surface area (Å²) in [6, 6.07) is 7.17. The minimum Gasteiger partial charge on any atom is -0.490 e. The maximum absolute atomic E-state index is 13.3. The fourth-order valence-electron chi connectivity index (χ4n) is 4.76. The van der Waals surface area contributed by atoms with Crippen molar-refractivity contribution in [3.8, 4) is 5.75 Å². The van der Waals surface area contributed by atoms with Crippen molar-refractivity contribution in [2.45, 2.75) is 44.4 Å². The zero-order chi connectivity index (χ0) is 24.3. The highest BCUT2D eigenvalue weighted by Crippen LogP contribution is 2.38. The lowest BCUT2D eigenvalue weighted by atomic mass is 9.83. The highest BCUT2D eigenvalue weighted by molar-refractivity contribution is 5.45. The third-order valence-electron chi connectivity index (χ3n) is 6.73. The fourth-order valence-corrected chi connectivity index (χ4v) is 4.76. The second-order valence-electron chi connectivity index (χ2n) is 9.21. The Morgan fingerprint density at radius 1 is 1.09 bits per heavy atom. The van der Waals surface area contributed by atoms with Crippen molar-refractivity contribution in [1.82, 2.24) is 9.88 Å². The normalized spacial score (nSPS) is 21.9. The Labute approximate surface area is 196 Å². The van der Waals surface area contributed by atoms with Gasteiger partial charge in [0.15, 0.2) is 0 Å². The number of halogens is 3. The number of likely N-dealkylation sites (N-methyl/N-ethyl adjacent to an activating group) is 1. The second-order valence-corrected chi connectivity index (χ2v) is 9.21. The monoisotopic (exact) mass is 478 g/mol. The molecular weight excluding hydrogens is 449 g/mol. The number of nitrogens with zero attached hydrogens (tertiary/aromatic N) is 4. The number of hydrogen-bond acceptors (Lipinski definition) is 6. The van der Waals surface area contributed by atoms with E-state index in [-0.39, 0.29) is 12.0 Å². The van der Waals surface area contributed by atoms with Gasteiger partial charge in [-0.2, -0.15) is 13.2 Å². The molecule has 1 aromatic carbocycles. The van der Waals surface area contributed by atoms with E-state index in [0.717, 1.165) is 75.6 Å². The average Bonchev–Trinajstić information content (AvgIpc) is 2.80. The molecule has 1 aromatic heterocycles. The first kappa shape index (κ1) is 24.3. The lowest BCUT2D eigenvalue weighted by Crippen LogP contribution is -2.44. The molecule has 184 valence electrons. The van der Waals surface area contributed by atoms with Crippen LogP contribution in [0, 0.1) is 16.0 Å². The molecule has 34 heavy (non-hydrogen) atoms. The van der Waals surface area contributed by atoms with Gasteiger partial charge in [-0.1, -0.05) is 6.07 Å². The van der Waals surface area contributed by atoms with Crippen LogP contribution in [0.3, 0.4) is 0 Å². The maximum Gasteiger partial charge on any atom is 0.423 e. The van der Waals surface area contributed by atoms with Crippen molar-refractivity contribution in [3.05, 3.63) is 57.8 Å². The largest absolute Gasteiger partial charge is 0.490 e. The minimum absolute atomic E-state index is 0.0570. The SMILES string of the molecule is CN1CCN(c2cc(OC3CCC(Cc4ccc([N+](=O)[O-])c(C(F)(F)F)c4)CC3)ccn2)CC1. The van der Waals surface area contributed by atoms with Crippen LogP contribution < -0.4 is 9.64 Å². The van der Waals surface area contributed by atoms with Crippen LogP contribution in [0.25, 0.3) is 0 Å². The summed E-state index contributed by atoms with van der Waals surface area (Å²) in [5, 5.41) is 11.0. The summed E-state index contributed by atoms with van der Waals surface area (Å²) in [7, 11) is 2.11. The number of benzene rings is 1. The number of anilines is 1. The average molecular weight is 479 g/mol. The molecule has 7 nitrogen and oxygen atoms in total. The van der Waals surface area contributed by atoms with Gasteiger partial charge >= 0.3 is 6.18 Å². The van der Waals surface area contributed by atoms with E-state index in [4.69, 9.17) is 4.74 Å². The zero-order valence-electron chi connectivity index (χ0n) is 19.1. The highest BCUT2D eigenvalue weighted by Gasteiger charge is 2.38. The number of piperazine rings is 1. The summed E-state index contributed by atoms with van der Waals surface area (Å²) in [5.74, 6) is 1.93.